The molecule has 0 spiro atoms. The lowest BCUT2D eigenvalue weighted by Crippen LogP contribution is -2.28. The van der Waals surface area contributed by atoms with Crippen LogP contribution in [-0.2, 0) is 6.54 Å². The number of nitrogens with zero attached hydrogens (tertiary/aromatic N) is 2. The van der Waals surface area contributed by atoms with Gasteiger partial charge in [0.25, 0.3) is 0 Å². The largest absolute Gasteiger partial charge is 0.308 e. The van der Waals surface area contributed by atoms with Gasteiger partial charge in [0.05, 0.1) is 11.4 Å². The fraction of sp³-hybridized carbons (Fsp3) is 0.533. The van der Waals surface area contributed by atoms with E-state index >= 15 is 0 Å². The van der Waals surface area contributed by atoms with Crippen LogP contribution in [0.4, 0.5) is 0 Å². The molecule has 0 saturated carbocycles. The van der Waals surface area contributed by atoms with Crippen molar-refractivity contribution in [2.24, 2.45) is 0 Å². The van der Waals surface area contributed by atoms with Gasteiger partial charge in [-0.05, 0) is 31.9 Å². The van der Waals surface area contributed by atoms with Crippen molar-refractivity contribution in [3.05, 3.63) is 35.8 Å². The Bertz CT molecular complexity index is 501. The molecule has 0 bridgehead atoms. The molecule has 3 nitrogen and oxygen atoms in total. The first-order chi connectivity index (χ1) is 8.76. The number of aryl methyl sites for hydroxylation is 1. The molecule has 1 N–H and O–H groups in total. The summed E-state index contributed by atoms with van der Waals surface area (Å²) in [5, 5.41) is 3.64. The second-order valence-corrected chi connectivity index (χ2v) is 4.85. The van der Waals surface area contributed by atoms with Crippen LogP contribution in [0.25, 0.3) is 5.65 Å². The SMILES string of the molecule is CCCC(CC)NCc1c(C)nc2ccccn12. The molecule has 98 valence electrons. The van der Waals surface area contributed by atoms with Crippen LogP contribution in [0.3, 0.4) is 0 Å². The zero-order chi connectivity index (χ0) is 13.0. The van der Waals surface area contributed by atoms with Crippen LogP contribution in [0, 0.1) is 6.92 Å². The van der Waals surface area contributed by atoms with E-state index in [1.165, 1.54) is 25.0 Å². The monoisotopic (exact) mass is 245 g/mol. The standard InChI is InChI=1S/C15H23N3/c1-4-8-13(5-2)16-11-14-12(3)17-15-9-6-7-10-18(14)15/h6-7,9-10,13,16H,4-5,8,11H2,1-3H3. The first-order valence-electron chi connectivity index (χ1n) is 6.92. The van der Waals surface area contributed by atoms with Crippen molar-refractivity contribution in [3.8, 4) is 0 Å². The minimum Gasteiger partial charge on any atom is -0.308 e. The smallest absolute Gasteiger partial charge is 0.137 e. The van der Waals surface area contributed by atoms with E-state index < -0.39 is 0 Å². The molecule has 1 unspecified atom stereocenters. The predicted octanol–water partition coefficient (Wildman–Crippen LogP) is 3.31. The third kappa shape index (κ3) is 2.72. The van der Waals surface area contributed by atoms with Gasteiger partial charge in [0.1, 0.15) is 5.65 Å². The highest BCUT2D eigenvalue weighted by atomic mass is 15.0. The van der Waals surface area contributed by atoms with Gasteiger partial charge in [-0.3, -0.25) is 0 Å². The Morgan fingerprint density at radius 3 is 2.89 bits per heavy atom. The van der Waals surface area contributed by atoms with Gasteiger partial charge in [-0.1, -0.05) is 26.3 Å². The third-order valence-corrected chi connectivity index (χ3v) is 3.52. The van der Waals surface area contributed by atoms with Crippen LogP contribution in [-0.4, -0.2) is 15.4 Å². The maximum absolute atomic E-state index is 4.59. The molecular weight excluding hydrogens is 222 g/mol. The molecule has 18 heavy (non-hydrogen) atoms. The molecule has 2 heterocycles. The summed E-state index contributed by atoms with van der Waals surface area (Å²) in [5.41, 5.74) is 3.44. The van der Waals surface area contributed by atoms with E-state index in [-0.39, 0.29) is 0 Å². The lowest BCUT2D eigenvalue weighted by molar-refractivity contribution is 0.458. The number of pyridine rings is 1. The van der Waals surface area contributed by atoms with Gasteiger partial charge in [0, 0.05) is 18.8 Å². The molecular formula is C15H23N3. The normalized spacial score (nSPS) is 13.1. The highest BCUT2D eigenvalue weighted by Crippen LogP contribution is 2.12. The molecule has 0 aromatic carbocycles. The van der Waals surface area contributed by atoms with Gasteiger partial charge in [-0.2, -0.15) is 0 Å². The fourth-order valence-corrected chi connectivity index (χ4v) is 2.42. The fourth-order valence-electron chi connectivity index (χ4n) is 2.42. The van der Waals surface area contributed by atoms with E-state index in [0.29, 0.717) is 6.04 Å². The summed E-state index contributed by atoms with van der Waals surface area (Å²) >= 11 is 0. The average Bonchev–Trinajstić information content (AvgIpc) is 2.70. The lowest BCUT2D eigenvalue weighted by atomic mass is 10.1. The van der Waals surface area contributed by atoms with Crippen molar-refractivity contribution in [1.29, 1.82) is 0 Å². The molecule has 2 aromatic heterocycles. The molecule has 2 aromatic rings. The molecule has 0 saturated heterocycles. The van der Waals surface area contributed by atoms with Crippen molar-refractivity contribution in [3.63, 3.8) is 0 Å². The average molecular weight is 245 g/mol. The number of nitrogens with one attached hydrogen (secondary N) is 1. The Labute approximate surface area is 109 Å². The Morgan fingerprint density at radius 1 is 1.33 bits per heavy atom. The Kier molecular flexibility index (Phi) is 4.37. The molecule has 1 atom stereocenters. The van der Waals surface area contributed by atoms with Gasteiger partial charge in [0.15, 0.2) is 0 Å². The van der Waals surface area contributed by atoms with E-state index in [9.17, 15) is 0 Å². The van der Waals surface area contributed by atoms with E-state index in [2.05, 4.69) is 53.8 Å². The lowest BCUT2D eigenvalue weighted by Gasteiger charge is -2.16. The van der Waals surface area contributed by atoms with Crippen molar-refractivity contribution in [2.75, 3.05) is 0 Å². The summed E-state index contributed by atoms with van der Waals surface area (Å²) in [6, 6.07) is 6.76. The summed E-state index contributed by atoms with van der Waals surface area (Å²) in [4.78, 5) is 4.59. The topological polar surface area (TPSA) is 29.3 Å². The first kappa shape index (κ1) is 13.1. The Morgan fingerprint density at radius 2 is 2.17 bits per heavy atom. The van der Waals surface area contributed by atoms with Gasteiger partial charge in [0.2, 0.25) is 0 Å². The molecule has 0 amide bonds. The number of imidazole rings is 1. The van der Waals surface area contributed by atoms with E-state index in [4.69, 9.17) is 0 Å². The van der Waals surface area contributed by atoms with Crippen LogP contribution in [0.2, 0.25) is 0 Å². The van der Waals surface area contributed by atoms with Crippen molar-refractivity contribution >= 4 is 5.65 Å². The predicted molar refractivity (Wildman–Crippen MR) is 75.8 cm³/mol. The maximum Gasteiger partial charge on any atom is 0.137 e. The molecule has 0 aliphatic carbocycles. The molecule has 0 radical (unpaired) electrons. The van der Waals surface area contributed by atoms with Crippen LogP contribution in [0.1, 0.15) is 44.5 Å². The third-order valence-electron chi connectivity index (χ3n) is 3.52. The highest BCUT2D eigenvalue weighted by molar-refractivity contribution is 5.42. The second-order valence-electron chi connectivity index (χ2n) is 4.85. The van der Waals surface area contributed by atoms with Crippen LogP contribution >= 0.6 is 0 Å². The Balaban J connectivity index is 2.13. The number of rotatable bonds is 6. The van der Waals surface area contributed by atoms with Gasteiger partial charge in [-0.15, -0.1) is 0 Å². The van der Waals surface area contributed by atoms with Gasteiger partial charge in [-0.25, -0.2) is 4.98 Å². The van der Waals surface area contributed by atoms with E-state index in [1.807, 2.05) is 6.07 Å². The summed E-state index contributed by atoms with van der Waals surface area (Å²) in [6.45, 7) is 7.47. The van der Waals surface area contributed by atoms with Crippen LogP contribution < -0.4 is 5.32 Å². The summed E-state index contributed by atoms with van der Waals surface area (Å²) in [5.74, 6) is 0. The zero-order valence-corrected chi connectivity index (χ0v) is 11.6. The zero-order valence-electron chi connectivity index (χ0n) is 11.6. The van der Waals surface area contributed by atoms with Crippen molar-refractivity contribution < 1.29 is 0 Å². The van der Waals surface area contributed by atoms with Crippen LogP contribution in [0.5, 0.6) is 0 Å². The van der Waals surface area contributed by atoms with Crippen molar-refractivity contribution in [2.45, 2.75) is 52.6 Å². The number of hydrogen-bond acceptors (Lipinski definition) is 2. The maximum atomic E-state index is 4.59. The quantitative estimate of drug-likeness (QED) is 0.846. The van der Waals surface area contributed by atoms with Gasteiger partial charge >= 0.3 is 0 Å². The van der Waals surface area contributed by atoms with E-state index in [1.54, 1.807) is 0 Å². The molecule has 2 rings (SSSR count). The minimum atomic E-state index is 0.615. The highest BCUT2D eigenvalue weighted by Gasteiger charge is 2.10. The first-order valence-corrected chi connectivity index (χ1v) is 6.92. The summed E-state index contributed by atoms with van der Waals surface area (Å²) < 4.78 is 2.18. The Hall–Kier alpha value is -1.35. The van der Waals surface area contributed by atoms with Crippen LogP contribution in [0.15, 0.2) is 24.4 Å². The number of hydrogen-bond donors (Lipinski definition) is 1. The van der Waals surface area contributed by atoms with E-state index in [0.717, 1.165) is 17.9 Å². The van der Waals surface area contributed by atoms with Gasteiger partial charge < -0.3 is 9.72 Å². The second kappa shape index (κ2) is 6.01. The molecule has 0 aliphatic heterocycles. The molecule has 0 fully saturated rings. The molecule has 3 heteroatoms. The summed E-state index contributed by atoms with van der Waals surface area (Å²) in [6.07, 6.45) is 5.75. The molecule has 0 aliphatic rings. The number of aromatic nitrogens is 2. The van der Waals surface area contributed by atoms with Crippen molar-refractivity contribution in [1.82, 2.24) is 14.7 Å². The minimum absolute atomic E-state index is 0.615. The number of fused-ring (bicyclic) bond motifs is 1. The summed E-state index contributed by atoms with van der Waals surface area (Å²) in [7, 11) is 0.